The normalized spacial score (nSPS) is 18.7. The first kappa shape index (κ1) is 38.0. The largest absolute Gasteiger partial charge is 0.453 e. The highest BCUT2D eigenvalue weighted by Gasteiger charge is 2.40. The van der Waals surface area contributed by atoms with E-state index in [0.29, 0.717) is 50.4 Å². The summed E-state index contributed by atoms with van der Waals surface area (Å²) in [6.07, 6.45) is 4.52. The third kappa shape index (κ3) is 7.79. The Morgan fingerprint density at radius 1 is 0.667 bits per heavy atom. The van der Waals surface area contributed by atoms with Crippen LogP contribution in [0.4, 0.5) is 9.59 Å². The van der Waals surface area contributed by atoms with Crippen LogP contribution in [0.1, 0.15) is 63.3 Å². The predicted molar refractivity (Wildman–Crippen MR) is 200 cm³/mol. The van der Waals surface area contributed by atoms with Crippen LogP contribution in [0.15, 0.2) is 60.9 Å². The number of alkyl carbamates (subject to hydrolysis) is 2. The topological polar surface area (TPSA) is 181 Å². The molecule has 4 atom stereocenters. The summed E-state index contributed by atoms with van der Waals surface area (Å²) in [5.74, 6) is 0.923. The minimum absolute atomic E-state index is 0.217. The van der Waals surface area contributed by atoms with Gasteiger partial charge in [0.1, 0.15) is 35.8 Å². The van der Waals surface area contributed by atoms with Crippen molar-refractivity contribution in [1.29, 1.82) is 0 Å². The van der Waals surface area contributed by atoms with Gasteiger partial charge in [0.2, 0.25) is 0 Å². The Kier molecular flexibility index (Phi) is 11.6. The maximum Gasteiger partial charge on any atom is 0.407 e. The molecule has 54 heavy (non-hydrogen) atoms. The molecular weight excluding hydrogens is 692 g/mol. The molecule has 0 unspecified atom stereocenters. The molecule has 4 N–H and O–H groups in total. The second-order valence-electron chi connectivity index (χ2n) is 13.4. The average molecular weight is 741 g/mol. The fourth-order valence-corrected chi connectivity index (χ4v) is 7.09. The molecule has 16 nitrogen and oxygen atoms in total. The molecule has 2 aliphatic rings. The van der Waals surface area contributed by atoms with Gasteiger partial charge in [-0.1, -0.05) is 62.4 Å². The van der Waals surface area contributed by atoms with E-state index in [4.69, 9.17) is 9.47 Å². The molecule has 2 aromatic heterocycles. The number of H-pyrrole nitrogens is 2. The summed E-state index contributed by atoms with van der Waals surface area (Å²) in [5, 5.41) is 12.3. The Morgan fingerprint density at radius 2 is 1.02 bits per heavy atom. The standard InChI is InChI=1S/C38H48N10O6/c1-7-27(43-37(51)53-5)35(49)47-31(17-19-45(47)3)33-39-21-29(41-33)25-13-9-23(10-14-25)24-11-15-26(16-12-24)30-22-40-34(42-30)32-18-20-46(4)48(32)36(50)28(8-2)44-38(52)54-6/h9-16,21-22,27-28,31-32H,7-8,17-20H2,1-6H3,(H,39,41)(H,40,42)(H,43,51)(H,44,52)/t27-,28-,31+,32+/m1/s1. The molecule has 4 heterocycles. The number of hydrogen-bond acceptors (Lipinski definition) is 10. The number of nitrogens with one attached hydrogen (secondary N) is 4. The number of nitrogens with zero attached hydrogens (tertiary/aromatic N) is 6. The predicted octanol–water partition coefficient (Wildman–Crippen LogP) is 4.64. The van der Waals surface area contributed by atoms with E-state index in [1.54, 1.807) is 22.4 Å². The number of imidazole rings is 2. The Morgan fingerprint density at radius 3 is 1.35 bits per heavy atom. The highest BCUT2D eigenvalue weighted by atomic mass is 16.5. The maximum atomic E-state index is 13.5. The van der Waals surface area contributed by atoms with Gasteiger partial charge in [-0.2, -0.15) is 0 Å². The van der Waals surface area contributed by atoms with Crippen LogP contribution in [0.5, 0.6) is 0 Å². The quantitative estimate of drug-likeness (QED) is 0.169. The Hall–Kier alpha value is -5.74. The lowest BCUT2D eigenvalue weighted by atomic mass is 10.0. The molecule has 0 spiro atoms. The van der Waals surface area contributed by atoms with Gasteiger partial charge in [0.05, 0.1) is 38.0 Å². The van der Waals surface area contributed by atoms with Crippen LogP contribution in [0.3, 0.4) is 0 Å². The number of hydrogen-bond donors (Lipinski definition) is 4. The summed E-state index contributed by atoms with van der Waals surface area (Å²) in [5.41, 5.74) is 5.67. The highest BCUT2D eigenvalue weighted by Crippen LogP contribution is 2.34. The van der Waals surface area contributed by atoms with Crippen LogP contribution in [-0.4, -0.2) is 117 Å². The zero-order chi connectivity index (χ0) is 38.5. The molecule has 6 rings (SSSR count). The first-order valence-corrected chi connectivity index (χ1v) is 18.1. The van der Waals surface area contributed by atoms with Crippen LogP contribution in [0.25, 0.3) is 33.6 Å². The lowest BCUT2D eigenvalue weighted by Crippen LogP contribution is -2.51. The van der Waals surface area contributed by atoms with E-state index in [9.17, 15) is 19.2 Å². The Balaban J connectivity index is 1.12. The van der Waals surface area contributed by atoms with Crippen molar-refractivity contribution in [2.45, 2.75) is 63.7 Å². The maximum absolute atomic E-state index is 13.5. The fraction of sp³-hybridized carbons (Fsp3) is 0.421. The molecule has 286 valence electrons. The summed E-state index contributed by atoms with van der Waals surface area (Å²) >= 11 is 0. The van der Waals surface area contributed by atoms with Crippen molar-refractivity contribution in [1.82, 2.24) is 50.6 Å². The molecular formula is C38H48N10O6. The van der Waals surface area contributed by atoms with Crippen LogP contribution in [0.2, 0.25) is 0 Å². The lowest BCUT2D eigenvalue weighted by Gasteiger charge is -2.32. The minimum Gasteiger partial charge on any atom is -0.453 e. The van der Waals surface area contributed by atoms with Crippen molar-refractivity contribution in [3.8, 4) is 33.6 Å². The smallest absolute Gasteiger partial charge is 0.407 e. The van der Waals surface area contributed by atoms with E-state index >= 15 is 0 Å². The molecule has 2 fully saturated rings. The van der Waals surface area contributed by atoms with Gasteiger partial charge < -0.3 is 30.1 Å². The molecule has 2 aromatic carbocycles. The fourth-order valence-electron chi connectivity index (χ4n) is 7.09. The van der Waals surface area contributed by atoms with Gasteiger partial charge >= 0.3 is 12.2 Å². The minimum atomic E-state index is -0.714. The number of ether oxygens (including phenoxy) is 2. The Bertz CT molecular complexity index is 1800. The molecule has 16 heteroatoms. The van der Waals surface area contributed by atoms with Gasteiger partial charge in [-0.15, -0.1) is 0 Å². The van der Waals surface area contributed by atoms with E-state index in [1.807, 2.05) is 62.2 Å². The van der Waals surface area contributed by atoms with Crippen LogP contribution >= 0.6 is 0 Å². The third-order valence-corrected chi connectivity index (χ3v) is 10.1. The third-order valence-electron chi connectivity index (χ3n) is 10.1. The van der Waals surface area contributed by atoms with Crippen LogP contribution in [-0.2, 0) is 19.1 Å². The first-order valence-electron chi connectivity index (χ1n) is 18.1. The molecule has 0 radical (unpaired) electrons. The molecule has 0 aliphatic carbocycles. The van der Waals surface area contributed by atoms with Gasteiger partial charge in [0, 0.05) is 27.2 Å². The van der Waals surface area contributed by atoms with Gasteiger partial charge in [-0.05, 0) is 47.9 Å². The van der Waals surface area contributed by atoms with Crippen molar-refractivity contribution >= 4 is 24.0 Å². The highest BCUT2D eigenvalue weighted by molar-refractivity contribution is 5.86. The molecule has 0 saturated carbocycles. The zero-order valence-corrected chi connectivity index (χ0v) is 31.5. The van der Waals surface area contributed by atoms with Crippen molar-refractivity contribution < 1.29 is 28.7 Å². The number of aromatic nitrogens is 4. The number of methoxy groups -OCH3 is 2. The number of aromatic amines is 2. The number of hydrazine groups is 2. The number of rotatable bonds is 11. The SMILES string of the molecule is CC[C@@H](NC(=O)OC)C(=O)N1[C@H](c2ncc(-c3ccc(-c4ccc(-c5cnc([C@@H]6CCN(C)N6C(=O)[C@@H](CC)NC(=O)OC)[nH]5)cc4)cc3)[nH]2)CCN1C. The van der Waals surface area contributed by atoms with Gasteiger partial charge in [0.25, 0.3) is 11.8 Å². The summed E-state index contributed by atoms with van der Waals surface area (Å²) in [7, 11) is 6.26. The zero-order valence-electron chi connectivity index (χ0n) is 31.5. The first-order chi connectivity index (χ1) is 26.1. The van der Waals surface area contributed by atoms with Crippen LogP contribution in [0, 0.1) is 0 Å². The number of amides is 4. The average Bonchev–Trinajstić information content (AvgIpc) is 4.02. The van der Waals surface area contributed by atoms with E-state index < -0.39 is 24.3 Å². The molecule has 4 amide bonds. The van der Waals surface area contributed by atoms with E-state index in [0.717, 1.165) is 33.6 Å². The second-order valence-corrected chi connectivity index (χ2v) is 13.4. The van der Waals surface area contributed by atoms with E-state index in [2.05, 4.69) is 54.8 Å². The van der Waals surface area contributed by atoms with Crippen LogP contribution < -0.4 is 10.6 Å². The Labute approximate surface area is 314 Å². The summed E-state index contributed by atoms with van der Waals surface area (Å²) in [4.78, 5) is 66.8. The van der Waals surface area contributed by atoms with E-state index in [-0.39, 0.29) is 23.9 Å². The van der Waals surface area contributed by atoms with Crippen molar-refractivity contribution in [3.63, 3.8) is 0 Å². The molecule has 0 bridgehead atoms. The van der Waals surface area contributed by atoms with Gasteiger partial charge in [-0.3, -0.25) is 19.6 Å². The lowest BCUT2D eigenvalue weighted by molar-refractivity contribution is -0.149. The number of carbonyl (C=O) groups is 4. The number of carbonyl (C=O) groups excluding carboxylic acids is 4. The summed E-state index contributed by atoms with van der Waals surface area (Å²) < 4.78 is 9.43. The van der Waals surface area contributed by atoms with Crippen molar-refractivity contribution in [2.75, 3.05) is 41.4 Å². The summed E-state index contributed by atoms with van der Waals surface area (Å²) in [6, 6.07) is 14.4. The van der Waals surface area contributed by atoms with Crippen molar-refractivity contribution in [3.05, 3.63) is 72.6 Å². The number of benzene rings is 2. The molecule has 4 aromatic rings. The van der Waals surface area contributed by atoms with Gasteiger partial charge in [0.15, 0.2) is 0 Å². The van der Waals surface area contributed by atoms with Gasteiger partial charge in [-0.25, -0.2) is 29.6 Å². The van der Waals surface area contributed by atoms with E-state index in [1.165, 1.54) is 14.2 Å². The van der Waals surface area contributed by atoms with Crippen molar-refractivity contribution in [2.24, 2.45) is 0 Å². The monoisotopic (exact) mass is 740 g/mol. The molecule has 2 saturated heterocycles. The second kappa shape index (κ2) is 16.5. The molecule has 2 aliphatic heterocycles. The summed E-state index contributed by atoms with van der Waals surface area (Å²) in [6.45, 7) is 5.03.